The molecule has 0 N–H and O–H groups in total. The van der Waals surface area contributed by atoms with Crippen molar-refractivity contribution in [1.29, 1.82) is 0 Å². The number of unbranched alkanes of at least 4 members (excludes halogenated alkanes) is 2. The summed E-state index contributed by atoms with van der Waals surface area (Å²) in [5.74, 6) is -1.12. The van der Waals surface area contributed by atoms with Crippen molar-refractivity contribution in [3.63, 3.8) is 0 Å². The molecular formula is C8H12ClKO2. The van der Waals surface area contributed by atoms with Crippen LogP contribution in [0, 0.1) is 0 Å². The van der Waals surface area contributed by atoms with Crippen molar-refractivity contribution in [2.75, 3.05) is 0 Å². The zero-order chi connectivity index (χ0) is 8.69. The standard InChI is InChI=1S/C8H13ClO2.K/c1-2-3-4-5-7(9)6-8(10)11;/h5H,2-4,6H2,1H3,(H,10,11);/q;+1/p-1/b7-5-;. The second-order valence-electron chi connectivity index (χ2n) is 2.34. The number of hydrogen-bond donors (Lipinski definition) is 0. The molecule has 0 rings (SSSR count). The number of carboxylic acid groups (broad SMARTS) is 1. The third-order valence-electron chi connectivity index (χ3n) is 1.24. The van der Waals surface area contributed by atoms with Gasteiger partial charge in [-0.25, -0.2) is 0 Å². The molecule has 0 unspecified atom stereocenters. The molecule has 0 fully saturated rings. The minimum Gasteiger partial charge on any atom is -0.550 e. The summed E-state index contributed by atoms with van der Waals surface area (Å²) in [6.07, 6.45) is 4.56. The second-order valence-corrected chi connectivity index (χ2v) is 2.83. The maximum Gasteiger partial charge on any atom is 1.00 e. The molecule has 0 aliphatic heterocycles. The van der Waals surface area contributed by atoms with E-state index in [1.54, 1.807) is 6.08 Å². The average molecular weight is 215 g/mol. The molecule has 0 aromatic heterocycles. The van der Waals surface area contributed by atoms with Crippen LogP contribution in [-0.4, -0.2) is 5.97 Å². The summed E-state index contributed by atoms with van der Waals surface area (Å²) in [5.41, 5.74) is 0. The smallest absolute Gasteiger partial charge is 0.550 e. The zero-order valence-electron chi connectivity index (χ0n) is 7.60. The van der Waals surface area contributed by atoms with Gasteiger partial charge in [0.25, 0.3) is 0 Å². The number of allylic oxidation sites excluding steroid dienone is 1. The van der Waals surface area contributed by atoms with Gasteiger partial charge in [-0.2, -0.15) is 0 Å². The van der Waals surface area contributed by atoms with Crippen LogP contribution in [0.3, 0.4) is 0 Å². The van der Waals surface area contributed by atoms with Crippen molar-refractivity contribution in [1.82, 2.24) is 0 Å². The minimum atomic E-state index is -1.12. The van der Waals surface area contributed by atoms with Crippen LogP contribution in [-0.2, 0) is 4.79 Å². The van der Waals surface area contributed by atoms with Gasteiger partial charge in [0, 0.05) is 17.4 Å². The fourth-order valence-corrected chi connectivity index (χ4v) is 0.891. The number of carbonyl (C=O) groups is 1. The molecule has 64 valence electrons. The molecule has 0 heterocycles. The molecule has 0 aliphatic carbocycles. The summed E-state index contributed by atoms with van der Waals surface area (Å²) >= 11 is 5.55. The molecule has 0 atom stereocenters. The number of carboxylic acids is 1. The van der Waals surface area contributed by atoms with E-state index in [0.717, 1.165) is 19.3 Å². The zero-order valence-corrected chi connectivity index (χ0v) is 11.5. The van der Waals surface area contributed by atoms with Crippen molar-refractivity contribution in [2.45, 2.75) is 32.6 Å². The Morgan fingerprint density at radius 1 is 1.58 bits per heavy atom. The topological polar surface area (TPSA) is 40.1 Å². The van der Waals surface area contributed by atoms with Gasteiger partial charge in [0.2, 0.25) is 0 Å². The molecule has 0 bridgehead atoms. The molecule has 0 aliphatic rings. The van der Waals surface area contributed by atoms with E-state index in [9.17, 15) is 9.90 Å². The number of carbonyl (C=O) groups excluding carboxylic acids is 1. The fraction of sp³-hybridized carbons (Fsp3) is 0.625. The van der Waals surface area contributed by atoms with E-state index in [-0.39, 0.29) is 57.8 Å². The summed E-state index contributed by atoms with van der Waals surface area (Å²) in [6.45, 7) is 2.07. The summed E-state index contributed by atoms with van der Waals surface area (Å²) < 4.78 is 0. The molecule has 0 saturated carbocycles. The number of aliphatic carboxylic acids is 1. The summed E-state index contributed by atoms with van der Waals surface area (Å²) in [7, 11) is 0. The first-order valence-corrected chi connectivity index (χ1v) is 4.09. The maximum atomic E-state index is 10.0. The Morgan fingerprint density at radius 2 is 2.17 bits per heavy atom. The molecule has 0 spiro atoms. The van der Waals surface area contributed by atoms with Gasteiger partial charge in [-0.15, -0.1) is 0 Å². The van der Waals surface area contributed by atoms with Crippen LogP contribution >= 0.6 is 11.6 Å². The molecule has 2 nitrogen and oxygen atoms in total. The molecule has 0 radical (unpaired) electrons. The van der Waals surface area contributed by atoms with E-state index >= 15 is 0 Å². The van der Waals surface area contributed by atoms with Crippen LogP contribution in [0.2, 0.25) is 0 Å². The van der Waals surface area contributed by atoms with Crippen molar-refractivity contribution in [3.8, 4) is 0 Å². The predicted octanol–water partition coefficient (Wildman–Crippen LogP) is -1.56. The van der Waals surface area contributed by atoms with Crippen LogP contribution in [0.5, 0.6) is 0 Å². The van der Waals surface area contributed by atoms with E-state index < -0.39 is 5.97 Å². The molecular weight excluding hydrogens is 203 g/mol. The quantitative estimate of drug-likeness (QED) is 0.411. The maximum absolute atomic E-state index is 10.0. The van der Waals surface area contributed by atoms with Gasteiger partial charge in [0.1, 0.15) is 0 Å². The van der Waals surface area contributed by atoms with Gasteiger partial charge in [-0.1, -0.05) is 37.4 Å². The third kappa shape index (κ3) is 11.1. The first-order chi connectivity index (χ1) is 5.16. The fourth-order valence-electron chi connectivity index (χ4n) is 0.673. The summed E-state index contributed by atoms with van der Waals surface area (Å²) in [4.78, 5) is 10.0. The van der Waals surface area contributed by atoms with Crippen LogP contribution in [0.25, 0.3) is 0 Å². The van der Waals surface area contributed by atoms with Crippen molar-refractivity contribution >= 4 is 17.6 Å². The van der Waals surface area contributed by atoms with E-state index in [1.165, 1.54) is 0 Å². The van der Waals surface area contributed by atoms with Crippen LogP contribution in [0.15, 0.2) is 11.1 Å². The Hall–Kier alpha value is 1.14. The molecule has 0 saturated heterocycles. The first kappa shape index (κ1) is 15.6. The Morgan fingerprint density at radius 3 is 2.58 bits per heavy atom. The van der Waals surface area contributed by atoms with Gasteiger partial charge in [0.05, 0.1) is 0 Å². The largest absolute Gasteiger partial charge is 1.00 e. The summed E-state index contributed by atoms with van der Waals surface area (Å²) in [6, 6.07) is 0. The predicted molar refractivity (Wildman–Crippen MR) is 43.1 cm³/mol. The third-order valence-corrected chi connectivity index (χ3v) is 1.52. The second kappa shape index (κ2) is 10.2. The van der Waals surface area contributed by atoms with Gasteiger partial charge in [-0.05, 0) is 6.42 Å². The van der Waals surface area contributed by atoms with Crippen molar-refractivity contribution in [3.05, 3.63) is 11.1 Å². The van der Waals surface area contributed by atoms with Gasteiger partial charge < -0.3 is 9.90 Å². The van der Waals surface area contributed by atoms with Crippen LogP contribution < -0.4 is 56.5 Å². The molecule has 4 heteroatoms. The Balaban J connectivity index is 0. The Labute approximate surface area is 121 Å². The summed E-state index contributed by atoms with van der Waals surface area (Å²) in [5, 5.41) is 10.4. The normalized spacial score (nSPS) is 10.7. The van der Waals surface area contributed by atoms with Crippen molar-refractivity contribution < 1.29 is 61.3 Å². The van der Waals surface area contributed by atoms with Gasteiger partial charge >= 0.3 is 51.4 Å². The molecule has 0 aromatic carbocycles. The molecule has 0 aromatic rings. The number of rotatable bonds is 5. The Bertz CT molecular complexity index is 157. The number of halogens is 1. The van der Waals surface area contributed by atoms with Crippen molar-refractivity contribution in [2.24, 2.45) is 0 Å². The average Bonchev–Trinajstić information content (AvgIpc) is 1.86. The van der Waals surface area contributed by atoms with E-state index in [1.807, 2.05) is 0 Å². The van der Waals surface area contributed by atoms with E-state index in [2.05, 4.69) is 6.92 Å². The Kier molecular flexibility index (Phi) is 13.3. The van der Waals surface area contributed by atoms with Gasteiger partial charge in [0.15, 0.2) is 0 Å². The molecule has 12 heavy (non-hydrogen) atoms. The van der Waals surface area contributed by atoms with E-state index in [0.29, 0.717) is 5.03 Å². The van der Waals surface area contributed by atoms with E-state index in [4.69, 9.17) is 11.6 Å². The monoisotopic (exact) mass is 214 g/mol. The first-order valence-electron chi connectivity index (χ1n) is 3.71. The minimum absolute atomic E-state index is 0. The molecule has 0 amide bonds. The SMILES string of the molecule is CCCC/C=C(\Cl)CC(=O)[O-].[K+]. The van der Waals surface area contributed by atoms with Gasteiger partial charge in [-0.3, -0.25) is 0 Å². The van der Waals surface area contributed by atoms with Crippen LogP contribution in [0.4, 0.5) is 0 Å². The number of hydrogen-bond acceptors (Lipinski definition) is 2. The van der Waals surface area contributed by atoms with Crippen LogP contribution in [0.1, 0.15) is 32.6 Å².